The van der Waals surface area contributed by atoms with Gasteiger partial charge in [-0.05, 0) is 57.8 Å². The second-order valence-corrected chi connectivity index (χ2v) is 6.79. The van der Waals surface area contributed by atoms with Gasteiger partial charge in [0, 0.05) is 30.9 Å². The first-order valence-corrected chi connectivity index (χ1v) is 8.96. The molecule has 2 fully saturated rings. The Kier molecular flexibility index (Phi) is 5.68. The Morgan fingerprint density at radius 1 is 1.09 bits per heavy atom. The van der Waals surface area contributed by atoms with Crippen LogP contribution in [0.15, 0.2) is 29.2 Å². The molecule has 0 amide bonds. The van der Waals surface area contributed by atoms with Gasteiger partial charge in [0.1, 0.15) is 0 Å². The van der Waals surface area contributed by atoms with Crippen molar-refractivity contribution < 1.29 is 0 Å². The van der Waals surface area contributed by atoms with Crippen molar-refractivity contribution in [3.05, 3.63) is 34.7 Å². The molecule has 4 heteroatoms. The van der Waals surface area contributed by atoms with Crippen molar-refractivity contribution in [1.82, 2.24) is 14.8 Å². The van der Waals surface area contributed by atoms with E-state index in [0.29, 0.717) is 6.04 Å². The summed E-state index contributed by atoms with van der Waals surface area (Å²) in [6.07, 6.45) is 11.2. The van der Waals surface area contributed by atoms with E-state index in [4.69, 9.17) is 0 Å². The normalized spacial score (nSPS) is 21.5. The highest BCUT2D eigenvalue weighted by Gasteiger charge is 2.26. The zero-order chi connectivity index (χ0) is 15.2. The van der Waals surface area contributed by atoms with Gasteiger partial charge in [-0.3, -0.25) is 4.79 Å². The summed E-state index contributed by atoms with van der Waals surface area (Å²) in [4.78, 5) is 14.3. The third-order valence-electron chi connectivity index (χ3n) is 5.28. The lowest BCUT2D eigenvalue weighted by atomic mass is 10.0. The lowest BCUT2D eigenvalue weighted by Gasteiger charge is -2.36. The van der Waals surface area contributed by atoms with Gasteiger partial charge >= 0.3 is 0 Å². The van der Waals surface area contributed by atoms with Gasteiger partial charge in [0.15, 0.2) is 0 Å². The van der Waals surface area contributed by atoms with Crippen molar-refractivity contribution in [2.45, 2.75) is 63.6 Å². The van der Waals surface area contributed by atoms with Crippen LogP contribution in [0.5, 0.6) is 0 Å². The summed E-state index contributed by atoms with van der Waals surface area (Å²) in [5.74, 6) is 0. The number of pyridine rings is 1. The molecule has 0 aromatic carbocycles. The first kappa shape index (κ1) is 15.8. The second-order valence-electron chi connectivity index (χ2n) is 6.79. The van der Waals surface area contributed by atoms with Crippen LogP contribution < -0.4 is 10.9 Å². The van der Waals surface area contributed by atoms with Crippen LogP contribution >= 0.6 is 0 Å². The quantitative estimate of drug-likeness (QED) is 0.819. The molecule has 1 aromatic heterocycles. The summed E-state index contributed by atoms with van der Waals surface area (Å²) in [5.41, 5.74) is 0.104. The van der Waals surface area contributed by atoms with Crippen molar-refractivity contribution in [3.63, 3.8) is 0 Å². The lowest BCUT2D eigenvalue weighted by molar-refractivity contribution is 0.145. The minimum absolute atomic E-state index is 0.104. The van der Waals surface area contributed by atoms with Crippen LogP contribution in [-0.2, 0) is 6.54 Å². The number of hydrogen-bond donors (Lipinski definition) is 1. The van der Waals surface area contributed by atoms with Crippen LogP contribution in [-0.4, -0.2) is 41.2 Å². The van der Waals surface area contributed by atoms with Crippen molar-refractivity contribution in [2.24, 2.45) is 0 Å². The summed E-state index contributed by atoms with van der Waals surface area (Å²) in [6, 6.07) is 6.91. The van der Waals surface area contributed by atoms with Gasteiger partial charge in [-0.1, -0.05) is 18.9 Å². The fraction of sp³-hybridized carbons (Fsp3) is 0.722. The standard InChI is InChI=1S/C18H29N3O/c22-18-8-3-4-12-21(18)13-5-11-19-16-9-14-20(15-10-16)17-6-1-2-7-17/h3-4,8,12,16-17,19H,1-2,5-7,9-11,13-15H2. The van der Waals surface area contributed by atoms with Gasteiger partial charge in [0.2, 0.25) is 5.56 Å². The Bertz CT molecular complexity index is 499. The van der Waals surface area contributed by atoms with Gasteiger partial charge in [-0.2, -0.15) is 0 Å². The van der Waals surface area contributed by atoms with Crippen LogP contribution in [0, 0.1) is 0 Å². The molecule has 1 saturated carbocycles. The molecule has 1 aliphatic carbocycles. The zero-order valence-corrected chi connectivity index (χ0v) is 13.5. The Morgan fingerprint density at radius 3 is 2.59 bits per heavy atom. The maximum Gasteiger partial charge on any atom is 0.250 e. The maximum absolute atomic E-state index is 11.6. The number of aryl methyl sites for hydroxylation is 1. The molecule has 1 saturated heterocycles. The van der Waals surface area contributed by atoms with Crippen LogP contribution in [0.4, 0.5) is 0 Å². The maximum atomic E-state index is 11.6. The first-order valence-electron chi connectivity index (χ1n) is 8.96. The molecule has 2 heterocycles. The predicted molar refractivity (Wildman–Crippen MR) is 90.2 cm³/mol. The molecule has 0 radical (unpaired) electrons. The number of nitrogens with one attached hydrogen (secondary N) is 1. The van der Waals surface area contributed by atoms with Crippen LogP contribution in [0.1, 0.15) is 44.9 Å². The topological polar surface area (TPSA) is 37.3 Å². The van der Waals surface area contributed by atoms with Gasteiger partial charge in [-0.25, -0.2) is 0 Å². The lowest BCUT2D eigenvalue weighted by Crippen LogP contribution is -2.46. The molecule has 0 bridgehead atoms. The highest BCUT2D eigenvalue weighted by atomic mass is 16.1. The summed E-state index contributed by atoms with van der Waals surface area (Å²) < 4.78 is 1.80. The smallest absolute Gasteiger partial charge is 0.250 e. The number of hydrogen-bond acceptors (Lipinski definition) is 3. The molecular weight excluding hydrogens is 274 g/mol. The van der Waals surface area contributed by atoms with Crippen molar-refractivity contribution >= 4 is 0 Å². The highest BCUT2D eigenvalue weighted by molar-refractivity contribution is 4.93. The molecule has 22 heavy (non-hydrogen) atoms. The van der Waals surface area contributed by atoms with Crippen LogP contribution in [0.2, 0.25) is 0 Å². The number of likely N-dealkylation sites (tertiary alicyclic amines) is 1. The van der Waals surface area contributed by atoms with Crippen molar-refractivity contribution in [1.29, 1.82) is 0 Å². The van der Waals surface area contributed by atoms with E-state index in [1.807, 2.05) is 12.3 Å². The molecule has 3 rings (SSSR count). The molecule has 0 spiro atoms. The van der Waals surface area contributed by atoms with Gasteiger partial charge in [0.25, 0.3) is 0 Å². The van der Waals surface area contributed by atoms with Gasteiger partial charge in [0.05, 0.1) is 0 Å². The van der Waals surface area contributed by atoms with E-state index in [0.717, 1.165) is 25.6 Å². The Balaban J connectivity index is 1.32. The minimum Gasteiger partial charge on any atom is -0.315 e. The zero-order valence-electron chi connectivity index (χ0n) is 13.5. The summed E-state index contributed by atoms with van der Waals surface area (Å²) in [7, 11) is 0. The first-order chi connectivity index (χ1) is 10.8. The molecule has 122 valence electrons. The van der Waals surface area contributed by atoms with Gasteiger partial charge < -0.3 is 14.8 Å². The summed E-state index contributed by atoms with van der Waals surface area (Å²) in [5, 5.41) is 3.68. The number of aromatic nitrogens is 1. The van der Waals surface area contributed by atoms with Crippen LogP contribution in [0.3, 0.4) is 0 Å². The molecule has 1 aromatic rings. The van der Waals surface area contributed by atoms with Crippen molar-refractivity contribution in [2.75, 3.05) is 19.6 Å². The largest absolute Gasteiger partial charge is 0.315 e. The van der Waals surface area contributed by atoms with E-state index in [2.05, 4.69) is 10.2 Å². The summed E-state index contributed by atoms with van der Waals surface area (Å²) >= 11 is 0. The van der Waals surface area contributed by atoms with E-state index in [9.17, 15) is 4.79 Å². The van der Waals surface area contributed by atoms with Gasteiger partial charge in [-0.15, -0.1) is 0 Å². The Morgan fingerprint density at radius 2 is 1.86 bits per heavy atom. The van der Waals surface area contributed by atoms with E-state index in [1.54, 1.807) is 16.7 Å². The monoisotopic (exact) mass is 303 g/mol. The molecule has 2 aliphatic rings. The Hall–Kier alpha value is -1.13. The highest BCUT2D eigenvalue weighted by Crippen LogP contribution is 2.26. The second kappa shape index (κ2) is 7.93. The number of piperidine rings is 1. The molecule has 4 nitrogen and oxygen atoms in total. The fourth-order valence-corrected chi connectivity index (χ4v) is 3.94. The molecule has 0 atom stereocenters. The third-order valence-corrected chi connectivity index (χ3v) is 5.28. The van der Waals surface area contributed by atoms with E-state index in [1.165, 1.54) is 51.6 Å². The molecular formula is C18H29N3O. The Labute approximate surface area is 133 Å². The number of nitrogens with zero attached hydrogens (tertiary/aromatic N) is 2. The SMILES string of the molecule is O=c1ccccn1CCCNC1CCN(C2CCCC2)CC1. The van der Waals surface area contributed by atoms with Crippen molar-refractivity contribution in [3.8, 4) is 0 Å². The summed E-state index contributed by atoms with van der Waals surface area (Å²) in [6.45, 7) is 4.35. The molecule has 1 N–H and O–H groups in total. The minimum atomic E-state index is 0.104. The third kappa shape index (κ3) is 4.20. The average Bonchev–Trinajstić information content (AvgIpc) is 3.08. The van der Waals surface area contributed by atoms with E-state index >= 15 is 0 Å². The van der Waals surface area contributed by atoms with E-state index < -0.39 is 0 Å². The molecule has 0 unspecified atom stereocenters. The molecule has 1 aliphatic heterocycles. The number of rotatable bonds is 6. The predicted octanol–water partition coefficient (Wildman–Crippen LogP) is 2.23. The van der Waals surface area contributed by atoms with Crippen LogP contribution in [0.25, 0.3) is 0 Å². The average molecular weight is 303 g/mol. The fourth-order valence-electron chi connectivity index (χ4n) is 3.94. The van der Waals surface area contributed by atoms with E-state index in [-0.39, 0.29) is 5.56 Å².